The van der Waals surface area contributed by atoms with E-state index in [1.807, 2.05) is 36.4 Å². The predicted molar refractivity (Wildman–Crippen MR) is 123 cm³/mol. The maximum absolute atomic E-state index is 13.0. The van der Waals surface area contributed by atoms with E-state index in [-0.39, 0.29) is 0 Å². The first-order chi connectivity index (χ1) is 15.1. The highest BCUT2D eigenvalue weighted by Crippen LogP contribution is 2.43. The van der Waals surface area contributed by atoms with E-state index in [4.69, 9.17) is 14.9 Å². The van der Waals surface area contributed by atoms with Crippen molar-refractivity contribution in [3.63, 3.8) is 0 Å². The van der Waals surface area contributed by atoms with Crippen molar-refractivity contribution in [2.45, 2.75) is 16.7 Å². The zero-order valence-corrected chi connectivity index (χ0v) is 19.3. The van der Waals surface area contributed by atoms with Gasteiger partial charge in [0, 0.05) is 31.3 Å². The van der Waals surface area contributed by atoms with Gasteiger partial charge in [-0.3, -0.25) is 0 Å². The summed E-state index contributed by atoms with van der Waals surface area (Å²) < 4.78 is 18.3. The Morgan fingerprint density at radius 3 is 2.22 bits per heavy atom. The number of carboxylic acid groups (broad SMARTS) is 2. The Kier molecular flexibility index (Phi) is 8.98. The number of hydrogen-bond donors (Lipinski definition) is 2. The monoisotopic (exact) mass is 460 g/mol. The zero-order valence-electron chi connectivity index (χ0n) is 18.5. The van der Waals surface area contributed by atoms with Gasteiger partial charge in [-0.1, -0.05) is 19.1 Å². The molecule has 2 N–H and O–H groups in total. The number of carbonyl (C=O) groups is 2. The average molecular weight is 461 g/mol. The van der Waals surface area contributed by atoms with Gasteiger partial charge >= 0.3 is 11.9 Å². The predicted octanol–water partition coefficient (Wildman–Crippen LogP) is 3.22. The summed E-state index contributed by atoms with van der Waals surface area (Å²) in [6.07, 6.45) is 1.12. The van der Waals surface area contributed by atoms with Crippen molar-refractivity contribution in [2.75, 3.05) is 39.2 Å². The molecule has 1 unspecified atom stereocenters. The number of carboxylic acids is 2. The Morgan fingerprint density at radius 2 is 1.66 bits per heavy atom. The summed E-state index contributed by atoms with van der Waals surface area (Å²) in [5.74, 6) is -1.26. The molecule has 8 nitrogen and oxygen atoms in total. The van der Waals surface area contributed by atoms with Crippen LogP contribution in [0.25, 0.3) is 0 Å². The Bertz CT molecular complexity index is 1010. The van der Waals surface area contributed by atoms with Gasteiger partial charge in [-0.25, -0.2) is 13.8 Å². The summed E-state index contributed by atoms with van der Waals surface area (Å²) in [5.41, 5.74) is 2.01. The lowest BCUT2D eigenvalue weighted by Crippen LogP contribution is -2.32. The summed E-state index contributed by atoms with van der Waals surface area (Å²) >= 11 is 0. The molecule has 0 amide bonds. The lowest BCUT2D eigenvalue weighted by molar-refractivity contribution is -0.134. The fourth-order valence-electron chi connectivity index (χ4n) is 3.41. The van der Waals surface area contributed by atoms with E-state index >= 15 is 0 Å². The minimum Gasteiger partial charge on any atom is -0.497 e. The fourth-order valence-corrected chi connectivity index (χ4v) is 4.77. The molecule has 9 heteroatoms. The van der Waals surface area contributed by atoms with E-state index in [9.17, 15) is 13.8 Å². The van der Waals surface area contributed by atoms with E-state index < -0.39 is 22.7 Å². The number of benzene rings is 2. The van der Waals surface area contributed by atoms with Crippen LogP contribution in [0.1, 0.15) is 6.92 Å². The van der Waals surface area contributed by atoms with Crippen molar-refractivity contribution < 1.29 is 28.7 Å². The van der Waals surface area contributed by atoms with Crippen LogP contribution in [-0.4, -0.2) is 65.6 Å². The smallest absolute Gasteiger partial charge is 0.328 e. The molecule has 0 radical (unpaired) electrons. The first-order valence-electron chi connectivity index (χ1n) is 9.89. The molecule has 0 spiro atoms. The summed E-state index contributed by atoms with van der Waals surface area (Å²) in [6.45, 7) is 4.11. The van der Waals surface area contributed by atoms with Crippen LogP contribution < -0.4 is 9.64 Å². The van der Waals surface area contributed by atoms with E-state index in [0.29, 0.717) is 18.1 Å². The Morgan fingerprint density at radius 1 is 1.06 bits per heavy atom. The van der Waals surface area contributed by atoms with Crippen LogP contribution in [0.5, 0.6) is 5.75 Å². The SMILES string of the molecule is COc1ccc2c(c1)N(C[C@H](C)CN(C)C)c1ccccc1S2=O.O=C(O)/C=C\C(=O)O. The van der Waals surface area contributed by atoms with Crippen LogP contribution in [0.2, 0.25) is 0 Å². The second-order valence-electron chi connectivity index (χ2n) is 7.56. The van der Waals surface area contributed by atoms with Crippen molar-refractivity contribution in [1.29, 1.82) is 0 Å². The maximum atomic E-state index is 13.0. The van der Waals surface area contributed by atoms with Gasteiger partial charge < -0.3 is 24.7 Å². The minimum atomic E-state index is -1.26. The number of methoxy groups -OCH3 is 1. The third-order valence-corrected chi connectivity index (χ3v) is 6.04. The molecule has 2 aromatic rings. The Balaban J connectivity index is 0.000000390. The summed E-state index contributed by atoms with van der Waals surface area (Å²) in [6, 6.07) is 13.8. The van der Waals surface area contributed by atoms with Crippen molar-refractivity contribution in [2.24, 2.45) is 5.92 Å². The largest absolute Gasteiger partial charge is 0.497 e. The molecule has 0 saturated carbocycles. The normalized spacial score (nSPS) is 15.4. The van der Waals surface area contributed by atoms with Crippen LogP contribution in [0.15, 0.2) is 64.4 Å². The molecule has 1 heterocycles. The summed E-state index contributed by atoms with van der Waals surface area (Å²) in [5, 5.41) is 15.6. The minimum absolute atomic E-state index is 0.471. The van der Waals surface area contributed by atoms with E-state index in [1.165, 1.54) is 0 Å². The quantitative estimate of drug-likeness (QED) is 0.607. The third-order valence-electron chi connectivity index (χ3n) is 4.55. The average Bonchev–Trinajstić information content (AvgIpc) is 2.74. The van der Waals surface area contributed by atoms with Crippen LogP contribution in [0, 0.1) is 5.92 Å². The molecule has 0 fully saturated rings. The molecular formula is C23H28N2O6S. The first kappa shape index (κ1) is 25.1. The highest BCUT2D eigenvalue weighted by atomic mass is 32.2. The van der Waals surface area contributed by atoms with Crippen LogP contribution >= 0.6 is 0 Å². The topological polar surface area (TPSA) is 107 Å². The molecule has 1 aliphatic rings. The summed E-state index contributed by atoms with van der Waals surface area (Å²) in [4.78, 5) is 25.3. The number of rotatable bonds is 7. The second-order valence-corrected chi connectivity index (χ2v) is 8.98. The highest BCUT2D eigenvalue weighted by Gasteiger charge is 2.29. The molecule has 32 heavy (non-hydrogen) atoms. The molecule has 2 atom stereocenters. The van der Waals surface area contributed by atoms with Gasteiger partial charge in [0.05, 0.1) is 39.1 Å². The van der Waals surface area contributed by atoms with Gasteiger partial charge in [0.1, 0.15) is 5.75 Å². The molecule has 2 aromatic carbocycles. The molecule has 0 aromatic heterocycles. The number of hydrogen-bond acceptors (Lipinski definition) is 6. The van der Waals surface area contributed by atoms with Gasteiger partial charge in [0.2, 0.25) is 0 Å². The van der Waals surface area contributed by atoms with E-state index in [1.54, 1.807) is 7.11 Å². The molecule has 3 rings (SSSR count). The lowest BCUT2D eigenvalue weighted by Gasteiger charge is -2.35. The lowest BCUT2D eigenvalue weighted by atomic mass is 10.1. The molecular weight excluding hydrogens is 432 g/mol. The van der Waals surface area contributed by atoms with Gasteiger partial charge in [-0.05, 0) is 44.3 Å². The fraction of sp³-hybridized carbons (Fsp3) is 0.304. The van der Waals surface area contributed by atoms with Gasteiger partial charge in [0.25, 0.3) is 0 Å². The van der Waals surface area contributed by atoms with Crippen molar-refractivity contribution in [3.8, 4) is 5.75 Å². The third kappa shape index (κ3) is 6.66. The van der Waals surface area contributed by atoms with Gasteiger partial charge in [-0.2, -0.15) is 0 Å². The first-order valence-corrected chi connectivity index (χ1v) is 11.0. The second kappa shape index (κ2) is 11.4. The van der Waals surface area contributed by atoms with Crippen LogP contribution in [0.4, 0.5) is 11.4 Å². The number of anilines is 2. The van der Waals surface area contributed by atoms with E-state index in [0.717, 1.165) is 40.0 Å². The standard InChI is InChI=1S/C19H24N2O2S.C4H4O4/c1-14(12-20(2)3)13-21-16-7-5-6-8-18(16)24(22)19-10-9-15(23-4)11-17(19)21;5-3(6)1-2-4(7)8/h5-11,14H,12-13H2,1-4H3;1-2H,(H,5,6)(H,7,8)/b;2-1-/t14-,24?;/m1./s1. The molecule has 0 aliphatic carbocycles. The van der Waals surface area contributed by atoms with Gasteiger partial charge in [0.15, 0.2) is 0 Å². The number of fused-ring (bicyclic) bond motifs is 2. The summed E-state index contributed by atoms with van der Waals surface area (Å²) in [7, 11) is 4.69. The van der Waals surface area contributed by atoms with Gasteiger partial charge in [-0.15, -0.1) is 0 Å². The number of aliphatic carboxylic acids is 2. The molecule has 0 saturated heterocycles. The van der Waals surface area contributed by atoms with E-state index in [2.05, 4.69) is 36.9 Å². The Labute approximate surface area is 190 Å². The molecule has 172 valence electrons. The maximum Gasteiger partial charge on any atom is 0.328 e. The number of ether oxygens (including phenoxy) is 1. The number of para-hydroxylation sites is 1. The van der Waals surface area contributed by atoms with Crippen LogP contribution in [-0.2, 0) is 20.4 Å². The Hall–Kier alpha value is -3.17. The highest BCUT2D eigenvalue weighted by molar-refractivity contribution is 7.85. The van der Waals surface area contributed by atoms with Crippen molar-refractivity contribution >= 4 is 34.1 Å². The van der Waals surface area contributed by atoms with Crippen molar-refractivity contribution in [3.05, 3.63) is 54.6 Å². The molecule has 0 bridgehead atoms. The van der Waals surface area contributed by atoms with Crippen LogP contribution in [0.3, 0.4) is 0 Å². The molecule has 1 aliphatic heterocycles. The van der Waals surface area contributed by atoms with Crippen molar-refractivity contribution in [1.82, 2.24) is 4.90 Å². The zero-order chi connectivity index (χ0) is 23.8. The number of nitrogens with zero attached hydrogens (tertiary/aromatic N) is 2.